The van der Waals surface area contributed by atoms with Gasteiger partial charge in [0, 0.05) is 34.9 Å². The molecule has 0 bridgehead atoms. The lowest BCUT2D eigenvalue weighted by Gasteiger charge is -2.14. The van der Waals surface area contributed by atoms with E-state index in [1.165, 1.54) is 15.7 Å². The van der Waals surface area contributed by atoms with Gasteiger partial charge in [0.2, 0.25) is 0 Å². The maximum atomic E-state index is 12.9. The van der Waals surface area contributed by atoms with Crippen molar-refractivity contribution in [2.75, 3.05) is 6.54 Å². The molecule has 1 aliphatic heterocycles. The Morgan fingerprint density at radius 2 is 1.03 bits per heavy atom. The summed E-state index contributed by atoms with van der Waals surface area (Å²) in [4.78, 5) is 26.9. The molecule has 0 unspecified atom stereocenters. The monoisotopic (exact) mass is 504 g/mol. The van der Waals surface area contributed by atoms with Gasteiger partial charge in [0.1, 0.15) is 0 Å². The molecule has 8 heteroatoms. The van der Waals surface area contributed by atoms with Gasteiger partial charge in [0.15, 0.2) is 0 Å². The van der Waals surface area contributed by atoms with Crippen molar-refractivity contribution in [1.29, 1.82) is 0 Å². The van der Waals surface area contributed by atoms with E-state index in [1.807, 2.05) is 24.3 Å². The van der Waals surface area contributed by atoms with Gasteiger partial charge in [-0.1, -0.05) is 82.8 Å². The van der Waals surface area contributed by atoms with Gasteiger partial charge in [0.05, 0.1) is 31.2 Å². The number of benzene rings is 3. The number of rotatable bonds is 5. The van der Waals surface area contributed by atoms with Crippen LogP contribution in [0.25, 0.3) is 21.8 Å². The Balaban J connectivity index is 1.35. The van der Waals surface area contributed by atoms with E-state index < -0.39 is 11.8 Å². The molecule has 0 saturated heterocycles. The Bertz CT molecular complexity index is 1330. The number of hydrogen-bond donors (Lipinski definition) is 0. The zero-order valence-corrected chi connectivity index (χ0v) is 19.7. The van der Waals surface area contributed by atoms with Crippen molar-refractivity contribution in [1.82, 2.24) is 9.47 Å². The molecule has 0 aliphatic carbocycles. The van der Waals surface area contributed by atoms with Gasteiger partial charge < -0.3 is 4.57 Å². The van der Waals surface area contributed by atoms with Gasteiger partial charge in [-0.15, -0.1) is 0 Å². The first-order valence-electron chi connectivity index (χ1n) is 10.1. The summed E-state index contributed by atoms with van der Waals surface area (Å²) < 4.78 is 2.28. The Morgan fingerprint density at radius 3 is 1.53 bits per heavy atom. The molecule has 4 aromatic rings. The van der Waals surface area contributed by atoms with Crippen LogP contribution >= 0.6 is 46.4 Å². The lowest BCUT2D eigenvalue weighted by atomic mass is 10.1. The molecule has 0 saturated carbocycles. The van der Waals surface area contributed by atoms with Crippen LogP contribution in [0.5, 0.6) is 0 Å². The number of imide groups is 1. The highest BCUT2D eigenvalue weighted by atomic mass is 35.5. The Kier molecular flexibility index (Phi) is 5.58. The fourth-order valence-corrected chi connectivity index (χ4v) is 5.40. The van der Waals surface area contributed by atoms with Crippen molar-refractivity contribution in [2.45, 2.75) is 19.4 Å². The van der Waals surface area contributed by atoms with Gasteiger partial charge in [-0.25, -0.2) is 0 Å². The van der Waals surface area contributed by atoms with E-state index in [2.05, 4.69) is 28.8 Å². The molecule has 0 N–H and O–H groups in total. The normalized spacial score (nSPS) is 13.6. The minimum absolute atomic E-state index is 0.0218. The highest BCUT2D eigenvalue weighted by Gasteiger charge is 2.41. The first-order valence-corrected chi connectivity index (χ1v) is 11.6. The number of amides is 2. The van der Waals surface area contributed by atoms with Crippen LogP contribution < -0.4 is 0 Å². The first kappa shape index (κ1) is 21.6. The van der Waals surface area contributed by atoms with Crippen molar-refractivity contribution in [3.63, 3.8) is 0 Å². The third-order valence-electron chi connectivity index (χ3n) is 5.88. The molecule has 0 spiro atoms. The number of halogens is 4. The number of unbranched alkanes of at least 4 members (excludes halogenated alkanes) is 1. The van der Waals surface area contributed by atoms with E-state index in [0.29, 0.717) is 6.42 Å². The van der Waals surface area contributed by atoms with Crippen molar-refractivity contribution >= 4 is 80.0 Å². The highest BCUT2D eigenvalue weighted by Crippen LogP contribution is 2.44. The average molecular weight is 506 g/mol. The third-order valence-corrected chi connectivity index (χ3v) is 7.68. The van der Waals surface area contributed by atoms with E-state index in [9.17, 15) is 9.59 Å². The fourth-order valence-electron chi connectivity index (χ4n) is 4.38. The summed E-state index contributed by atoms with van der Waals surface area (Å²) in [7, 11) is 0. The van der Waals surface area contributed by atoms with Crippen LogP contribution in [0.15, 0.2) is 48.5 Å². The molecule has 4 nitrogen and oxygen atoms in total. The maximum absolute atomic E-state index is 12.9. The summed E-state index contributed by atoms with van der Waals surface area (Å²) in [6.07, 6.45) is 1.40. The lowest BCUT2D eigenvalue weighted by molar-refractivity contribution is 0.0651. The number of para-hydroxylation sites is 2. The maximum Gasteiger partial charge on any atom is 0.263 e. The summed E-state index contributed by atoms with van der Waals surface area (Å²) in [6.45, 7) is 1.02. The topological polar surface area (TPSA) is 42.3 Å². The molecule has 2 heterocycles. The number of nitrogens with zero attached hydrogens (tertiary/aromatic N) is 2. The molecule has 32 heavy (non-hydrogen) atoms. The summed E-state index contributed by atoms with van der Waals surface area (Å²) >= 11 is 24.6. The standard InChI is InChI=1S/C24H16Cl4N2O2/c25-19-17-18(20(26)22(28)21(19)27)24(32)30(23(17)31)12-6-5-11-29-15-9-3-1-7-13(15)14-8-2-4-10-16(14)29/h1-4,7-10H,5-6,11-12H2. The van der Waals surface area contributed by atoms with Gasteiger partial charge in [-0.3, -0.25) is 14.5 Å². The molecule has 0 atom stereocenters. The average Bonchev–Trinajstić information content (AvgIpc) is 3.26. The molecule has 0 radical (unpaired) electrons. The Labute approximate surface area is 204 Å². The molecule has 0 fully saturated rings. The summed E-state index contributed by atoms with van der Waals surface area (Å²) in [6, 6.07) is 16.6. The molecule has 162 valence electrons. The molecule has 2 amide bonds. The number of carbonyl (C=O) groups excluding carboxylic acids is 2. The Hall–Kier alpha value is -2.24. The van der Waals surface area contributed by atoms with Crippen molar-refractivity contribution in [2.24, 2.45) is 0 Å². The van der Waals surface area contributed by atoms with E-state index >= 15 is 0 Å². The largest absolute Gasteiger partial charge is 0.340 e. The zero-order valence-electron chi connectivity index (χ0n) is 16.7. The lowest BCUT2D eigenvalue weighted by Crippen LogP contribution is -2.31. The van der Waals surface area contributed by atoms with Crippen molar-refractivity contribution < 1.29 is 9.59 Å². The number of aromatic nitrogens is 1. The number of hydrogen-bond acceptors (Lipinski definition) is 2. The molecule has 1 aromatic heterocycles. The van der Waals surface area contributed by atoms with E-state index in [4.69, 9.17) is 46.4 Å². The van der Waals surface area contributed by atoms with Crippen LogP contribution in [0.1, 0.15) is 33.6 Å². The highest BCUT2D eigenvalue weighted by molar-refractivity contribution is 6.55. The van der Waals surface area contributed by atoms with Gasteiger partial charge in [-0.05, 0) is 25.0 Å². The second-order valence-corrected chi connectivity index (χ2v) is 9.17. The SMILES string of the molecule is O=C1c2c(Cl)c(Cl)c(Cl)c(Cl)c2C(=O)N1CCCCn1c2ccccc2c2ccccc21. The molecular formula is C24H16Cl4N2O2. The molecule has 5 rings (SSSR count). The van der Waals surface area contributed by atoms with Crippen LogP contribution in [-0.2, 0) is 6.54 Å². The molecular weight excluding hydrogens is 490 g/mol. The van der Waals surface area contributed by atoms with Crippen LogP contribution in [0.4, 0.5) is 0 Å². The van der Waals surface area contributed by atoms with Crippen LogP contribution in [0.2, 0.25) is 20.1 Å². The van der Waals surface area contributed by atoms with Gasteiger partial charge in [0.25, 0.3) is 11.8 Å². The van der Waals surface area contributed by atoms with Gasteiger partial charge >= 0.3 is 0 Å². The van der Waals surface area contributed by atoms with Crippen LogP contribution in [-0.4, -0.2) is 27.8 Å². The van der Waals surface area contributed by atoms with Crippen molar-refractivity contribution in [3.8, 4) is 0 Å². The first-order chi connectivity index (χ1) is 15.4. The second kappa shape index (κ2) is 8.27. The van der Waals surface area contributed by atoms with Crippen molar-refractivity contribution in [3.05, 3.63) is 79.7 Å². The van der Waals surface area contributed by atoms with E-state index in [-0.39, 0.29) is 37.8 Å². The smallest absolute Gasteiger partial charge is 0.263 e. The summed E-state index contributed by atoms with van der Waals surface area (Å²) in [5.41, 5.74) is 2.38. The zero-order chi connectivity index (χ0) is 22.6. The predicted octanol–water partition coefficient (Wildman–Crippen LogP) is 7.48. The van der Waals surface area contributed by atoms with Crippen LogP contribution in [0.3, 0.4) is 0 Å². The predicted molar refractivity (Wildman–Crippen MR) is 131 cm³/mol. The quantitative estimate of drug-likeness (QED) is 0.122. The van der Waals surface area contributed by atoms with E-state index in [0.717, 1.165) is 24.0 Å². The fraction of sp³-hybridized carbons (Fsp3) is 0.167. The number of aryl methyl sites for hydroxylation is 1. The number of carbonyl (C=O) groups is 2. The van der Waals surface area contributed by atoms with Crippen LogP contribution in [0, 0.1) is 0 Å². The summed E-state index contributed by atoms with van der Waals surface area (Å²) in [5.74, 6) is -0.986. The Morgan fingerprint density at radius 1 is 0.594 bits per heavy atom. The summed E-state index contributed by atoms with van der Waals surface area (Å²) in [5, 5.41) is 2.30. The molecule has 1 aliphatic rings. The second-order valence-electron chi connectivity index (χ2n) is 7.66. The van der Waals surface area contributed by atoms with Gasteiger partial charge in [-0.2, -0.15) is 0 Å². The van der Waals surface area contributed by atoms with E-state index in [1.54, 1.807) is 0 Å². The minimum atomic E-state index is -0.493. The molecule has 3 aromatic carbocycles. The minimum Gasteiger partial charge on any atom is -0.340 e. The number of fused-ring (bicyclic) bond motifs is 4. The third kappa shape index (κ3) is 3.20.